The number of hydrogen-bond acceptors (Lipinski definition) is 10. The van der Waals surface area contributed by atoms with Crippen LogP contribution >= 0.6 is 0 Å². The maximum absolute atomic E-state index is 13.5. The van der Waals surface area contributed by atoms with E-state index in [1.54, 1.807) is 20.3 Å². The number of hydrogen-bond donors (Lipinski definition) is 2. The van der Waals surface area contributed by atoms with Gasteiger partial charge in [-0.15, -0.1) is 0 Å². The molecule has 0 saturated carbocycles. The molecule has 1 aromatic heterocycles. The van der Waals surface area contributed by atoms with E-state index in [2.05, 4.69) is 10.6 Å². The summed E-state index contributed by atoms with van der Waals surface area (Å²) >= 11 is 0. The number of likely N-dealkylation sites (N-methyl/N-ethyl adjacent to an activating group) is 1. The summed E-state index contributed by atoms with van der Waals surface area (Å²) in [7, 11) is 4.99. The number of aldehydes is 1. The lowest BCUT2D eigenvalue weighted by Gasteiger charge is -2.33. The fourth-order valence-electron chi connectivity index (χ4n) is 5.78. The highest BCUT2D eigenvalue weighted by Gasteiger charge is 2.59. The van der Waals surface area contributed by atoms with Crippen molar-refractivity contribution in [2.45, 2.75) is 63.4 Å². The van der Waals surface area contributed by atoms with Crippen LogP contribution in [0.25, 0.3) is 11.0 Å². The molecule has 42 heavy (non-hydrogen) atoms. The minimum atomic E-state index is -0.947. The number of rotatable bonds is 10. The van der Waals surface area contributed by atoms with Crippen molar-refractivity contribution < 1.29 is 42.1 Å². The number of halogens is 1. The van der Waals surface area contributed by atoms with E-state index in [-0.39, 0.29) is 23.8 Å². The molecule has 11 nitrogen and oxygen atoms in total. The number of carbonyl (C=O) groups excluding carboxylic acids is 2. The Balaban J connectivity index is 0.000000241. The number of nitrogens with one attached hydrogen (secondary N) is 2. The Hall–Kier alpha value is -2.61. The van der Waals surface area contributed by atoms with Gasteiger partial charge in [-0.25, -0.2) is 4.39 Å². The van der Waals surface area contributed by atoms with E-state index < -0.39 is 24.1 Å². The molecule has 3 aliphatic rings. The van der Waals surface area contributed by atoms with Gasteiger partial charge in [0.05, 0.1) is 18.7 Å². The fraction of sp³-hybridized carbons (Fsp3) is 0.667. The van der Waals surface area contributed by atoms with Gasteiger partial charge < -0.3 is 43.5 Å². The third kappa shape index (κ3) is 7.12. The fourth-order valence-corrected chi connectivity index (χ4v) is 5.78. The summed E-state index contributed by atoms with van der Waals surface area (Å²) in [6.07, 6.45) is 0.0174. The quantitative estimate of drug-likeness (QED) is 0.314. The first-order valence-corrected chi connectivity index (χ1v) is 14.4. The highest BCUT2D eigenvalue weighted by molar-refractivity contribution is 6.00. The van der Waals surface area contributed by atoms with Crippen molar-refractivity contribution in [1.82, 2.24) is 15.5 Å². The molecule has 0 bridgehead atoms. The van der Waals surface area contributed by atoms with E-state index >= 15 is 0 Å². The molecule has 1 amide bonds. The Kier molecular flexibility index (Phi) is 11.0. The van der Waals surface area contributed by atoms with Crippen LogP contribution in [-0.4, -0.2) is 114 Å². The summed E-state index contributed by atoms with van der Waals surface area (Å²) < 4.78 is 46.7. The number of ether oxygens (including phenoxy) is 5. The van der Waals surface area contributed by atoms with Crippen LogP contribution in [-0.2, 0) is 23.7 Å². The summed E-state index contributed by atoms with van der Waals surface area (Å²) in [5.74, 6) is 0.0388. The van der Waals surface area contributed by atoms with Crippen LogP contribution in [0.3, 0.4) is 0 Å². The Labute approximate surface area is 246 Å². The lowest BCUT2D eigenvalue weighted by Crippen LogP contribution is -2.52. The topological polar surface area (TPSA) is 121 Å². The number of alkyl halides is 1. The number of morpholine rings is 1. The molecule has 1 aromatic carbocycles. The van der Waals surface area contributed by atoms with Gasteiger partial charge in [0.25, 0.3) is 5.91 Å². The molecule has 5 atom stereocenters. The van der Waals surface area contributed by atoms with Gasteiger partial charge in [0.15, 0.2) is 5.76 Å². The molecule has 234 valence electrons. The highest BCUT2D eigenvalue weighted by Crippen LogP contribution is 2.38. The maximum atomic E-state index is 13.5. The smallest absolute Gasteiger partial charge is 0.287 e. The van der Waals surface area contributed by atoms with Crippen molar-refractivity contribution in [1.29, 1.82) is 0 Å². The number of carbonyl (C=O) groups is 2. The summed E-state index contributed by atoms with van der Waals surface area (Å²) in [4.78, 5) is 25.7. The van der Waals surface area contributed by atoms with E-state index in [1.807, 2.05) is 44.9 Å². The number of likely N-dealkylation sites (tertiary alicyclic amines) is 1. The molecule has 12 heteroatoms. The second kappa shape index (κ2) is 14.2. The van der Waals surface area contributed by atoms with Crippen LogP contribution in [0.4, 0.5) is 4.39 Å². The SMILES string of the molecule is COC1(OC)COC2C(F)CN(C)C21.Cc1c(C(=O)N[C@H](C=O)CC(C)C)oc2ccc(OC[C@H]3CNCCO3)cc12. The molecular formula is C30H44FN3O8. The Bertz CT molecular complexity index is 1200. The average molecular weight is 594 g/mol. The first-order valence-electron chi connectivity index (χ1n) is 14.4. The van der Waals surface area contributed by atoms with E-state index in [0.29, 0.717) is 50.0 Å². The van der Waals surface area contributed by atoms with Gasteiger partial charge in [0.2, 0.25) is 5.79 Å². The van der Waals surface area contributed by atoms with Crippen LogP contribution < -0.4 is 15.4 Å². The molecule has 5 rings (SSSR count). The first kappa shape index (κ1) is 32.3. The summed E-state index contributed by atoms with van der Waals surface area (Å²) in [6, 6.07) is 4.80. The van der Waals surface area contributed by atoms with Crippen molar-refractivity contribution >= 4 is 23.2 Å². The molecule has 2 aromatic rings. The Morgan fingerprint density at radius 2 is 2.05 bits per heavy atom. The van der Waals surface area contributed by atoms with Crippen molar-refractivity contribution in [3.8, 4) is 5.75 Å². The van der Waals surface area contributed by atoms with Crippen molar-refractivity contribution in [2.75, 3.05) is 60.7 Å². The molecule has 3 saturated heterocycles. The molecule has 0 radical (unpaired) electrons. The molecule has 3 unspecified atom stereocenters. The molecular weight excluding hydrogens is 549 g/mol. The lowest BCUT2D eigenvalue weighted by molar-refractivity contribution is -0.225. The van der Waals surface area contributed by atoms with Crippen LogP contribution in [0.1, 0.15) is 36.4 Å². The lowest BCUT2D eigenvalue weighted by atomic mass is 10.0. The molecule has 3 aliphatic heterocycles. The number of furan rings is 1. The van der Waals surface area contributed by atoms with Crippen molar-refractivity contribution in [3.05, 3.63) is 29.5 Å². The minimum absolute atomic E-state index is 0.0254. The molecule has 4 heterocycles. The van der Waals surface area contributed by atoms with Crippen LogP contribution in [0, 0.1) is 12.8 Å². The predicted octanol–water partition coefficient (Wildman–Crippen LogP) is 2.48. The van der Waals surface area contributed by atoms with Gasteiger partial charge >= 0.3 is 0 Å². The normalized spacial score (nSPS) is 26.0. The average Bonchev–Trinajstić information content (AvgIpc) is 3.63. The van der Waals surface area contributed by atoms with E-state index in [9.17, 15) is 14.0 Å². The van der Waals surface area contributed by atoms with Crippen LogP contribution in [0.15, 0.2) is 22.6 Å². The third-order valence-corrected chi connectivity index (χ3v) is 7.98. The number of aryl methyl sites for hydroxylation is 1. The van der Waals surface area contributed by atoms with Gasteiger partial charge in [-0.2, -0.15) is 0 Å². The molecule has 2 N–H and O–H groups in total. The second-order valence-electron chi connectivity index (χ2n) is 11.5. The molecule has 3 fully saturated rings. The third-order valence-electron chi connectivity index (χ3n) is 7.98. The summed E-state index contributed by atoms with van der Waals surface area (Å²) in [5, 5.41) is 6.83. The molecule has 0 spiro atoms. The van der Waals surface area contributed by atoms with E-state index in [1.165, 1.54) is 0 Å². The van der Waals surface area contributed by atoms with Gasteiger partial charge in [0.1, 0.15) is 49.2 Å². The number of amides is 1. The van der Waals surface area contributed by atoms with Crippen molar-refractivity contribution in [2.24, 2.45) is 5.92 Å². The zero-order valence-electron chi connectivity index (χ0n) is 25.3. The highest BCUT2D eigenvalue weighted by atomic mass is 19.1. The predicted molar refractivity (Wildman–Crippen MR) is 154 cm³/mol. The zero-order valence-corrected chi connectivity index (χ0v) is 25.3. The van der Waals surface area contributed by atoms with Gasteiger partial charge in [-0.1, -0.05) is 13.8 Å². The summed E-state index contributed by atoms with van der Waals surface area (Å²) in [6.45, 7) is 9.29. The largest absolute Gasteiger partial charge is 0.491 e. The van der Waals surface area contributed by atoms with E-state index in [4.69, 9.17) is 28.1 Å². The van der Waals surface area contributed by atoms with Crippen LogP contribution in [0.5, 0.6) is 5.75 Å². The van der Waals surface area contributed by atoms with Gasteiger partial charge in [-0.05, 0) is 44.5 Å². The minimum Gasteiger partial charge on any atom is -0.491 e. The van der Waals surface area contributed by atoms with Gasteiger partial charge in [0, 0.05) is 44.8 Å². The van der Waals surface area contributed by atoms with E-state index in [0.717, 1.165) is 30.3 Å². The van der Waals surface area contributed by atoms with Gasteiger partial charge in [-0.3, -0.25) is 9.69 Å². The van der Waals surface area contributed by atoms with Crippen LogP contribution in [0.2, 0.25) is 0 Å². The molecule has 0 aliphatic carbocycles. The monoisotopic (exact) mass is 593 g/mol. The number of benzene rings is 1. The zero-order chi connectivity index (χ0) is 30.4. The second-order valence-corrected chi connectivity index (χ2v) is 11.5. The summed E-state index contributed by atoms with van der Waals surface area (Å²) in [5.41, 5.74) is 1.33. The Morgan fingerprint density at radius 3 is 2.69 bits per heavy atom. The first-order chi connectivity index (χ1) is 20.1. The van der Waals surface area contributed by atoms with Crippen molar-refractivity contribution in [3.63, 3.8) is 0 Å². The standard InChI is InChI=1S/C21H28N2O5.C9H16FNO3/c1-13(2)8-15(11-24)23-21(25)20-14(3)18-9-16(4-5-19(18)28-20)27-12-17-10-22-6-7-26-17;1-11-4-6(10)7-8(11)9(12-2,13-3)5-14-7/h4-5,9,11,13,15,17,22H,6-8,10,12H2,1-3H3,(H,23,25);6-8H,4-5H2,1-3H3/t15-,17+;/m0./s1. The number of methoxy groups -OCH3 is 2. The maximum Gasteiger partial charge on any atom is 0.287 e. The number of nitrogens with zero attached hydrogens (tertiary/aromatic N) is 1. The Morgan fingerprint density at radius 1 is 1.29 bits per heavy atom. The number of fused-ring (bicyclic) bond motifs is 2.